The van der Waals surface area contributed by atoms with Gasteiger partial charge in [0.15, 0.2) is 0 Å². The summed E-state index contributed by atoms with van der Waals surface area (Å²) < 4.78 is 11.5. The fourth-order valence-electron chi connectivity index (χ4n) is 3.79. The van der Waals surface area contributed by atoms with Gasteiger partial charge in [-0.15, -0.1) is 0 Å². The van der Waals surface area contributed by atoms with Gasteiger partial charge in [0.05, 0.1) is 25.1 Å². The summed E-state index contributed by atoms with van der Waals surface area (Å²) in [6, 6.07) is 22.1. The third kappa shape index (κ3) is 5.68. The molecule has 0 amide bonds. The Morgan fingerprint density at radius 3 is 2.77 bits per heavy atom. The molecule has 6 nitrogen and oxygen atoms in total. The first-order valence-electron chi connectivity index (χ1n) is 11.5. The van der Waals surface area contributed by atoms with Crippen LogP contribution in [-0.2, 0) is 6.42 Å². The Kier molecular flexibility index (Phi) is 6.71. The summed E-state index contributed by atoms with van der Waals surface area (Å²) in [5.41, 5.74) is 5.97. The smallest absolute Gasteiger partial charge is 0.129 e. The van der Waals surface area contributed by atoms with Gasteiger partial charge in [0.1, 0.15) is 11.5 Å². The minimum atomic E-state index is 0.554. The molecule has 0 aliphatic heterocycles. The molecule has 6 heteroatoms. The van der Waals surface area contributed by atoms with E-state index in [-0.39, 0.29) is 0 Å². The Balaban J connectivity index is 1.21. The Hall–Kier alpha value is -4.58. The lowest BCUT2D eigenvalue weighted by atomic mass is 10.1. The van der Waals surface area contributed by atoms with Crippen molar-refractivity contribution in [3.05, 3.63) is 107 Å². The molecular weight excluding hydrogens is 436 g/mol. The predicted molar refractivity (Wildman–Crippen MR) is 141 cm³/mol. The molecule has 0 unspecified atom stereocenters. The van der Waals surface area contributed by atoms with Crippen molar-refractivity contribution >= 4 is 35.2 Å². The minimum Gasteiger partial charge on any atom is -0.496 e. The maximum atomic E-state index is 5.89. The van der Waals surface area contributed by atoms with E-state index in [9.17, 15) is 0 Å². The third-order valence-corrected chi connectivity index (χ3v) is 5.64. The maximum absolute atomic E-state index is 5.89. The second-order valence-electron chi connectivity index (χ2n) is 8.06. The molecule has 0 spiro atoms. The number of fused-ring (bicyclic) bond motifs is 1. The van der Waals surface area contributed by atoms with Crippen molar-refractivity contribution in [2.75, 3.05) is 13.7 Å². The first-order valence-corrected chi connectivity index (χ1v) is 11.5. The average molecular weight is 463 g/mol. The van der Waals surface area contributed by atoms with Crippen LogP contribution in [0, 0.1) is 0 Å². The van der Waals surface area contributed by atoms with E-state index in [1.54, 1.807) is 13.3 Å². The Morgan fingerprint density at radius 2 is 1.89 bits per heavy atom. The van der Waals surface area contributed by atoms with E-state index in [1.165, 1.54) is 5.39 Å². The second-order valence-corrected chi connectivity index (χ2v) is 8.06. The van der Waals surface area contributed by atoms with Crippen LogP contribution >= 0.6 is 0 Å². The fraction of sp³-hybridized carbons (Fsp3) is 0.103. The van der Waals surface area contributed by atoms with Crippen LogP contribution in [0.3, 0.4) is 0 Å². The van der Waals surface area contributed by atoms with Crippen molar-refractivity contribution in [1.29, 1.82) is 0 Å². The number of nitrogens with zero attached hydrogens (tertiary/aromatic N) is 2. The number of nitrogens with one attached hydrogen (secondary N) is 2. The highest BCUT2D eigenvalue weighted by Gasteiger charge is 2.04. The number of benzene rings is 2. The van der Waals surface area contributed by atoms with Crippen LogP contribution in [-0.4, -0.2) is 33.9 Å². The molecular formula is C29H26N4O2. The molecule has 2 N–H and O–H groups in total. The van der Waals surface area contributed by atoms with Crippen LogP contribution in [0.15, 0.2) is 79.1 Å². The van der Waals surface area contributed by atoms with Crippen LogP contribution in [0.25, 0.3) is 35.2 Å². The summed E-state index contributed by atoms with van der Waals surface area (Å²) >= 11 is 0. The van der Waals surface area contributed by atoms with Gasteiger partial charge in [-0.25, -0.2) is 0 Å². The van der Waals surface area contributed by atoms with Crippen molar-refractivity contribution < 1.29 is 9.47 Å². The van der Waals surface area contributed by atoms with E-state index in [4.69, 9.17) is 9.47 Å². The van der Waals surface area contributed by atoms with E-state index in [0.717, 1.165) is 51.6 Å². The number of aromatic nitrogens is 4. The Labute approximate surface area is 204 Å². The predicted octanol–water partition coefficient (Wildman–Crippen LogP) is 6.26. The second kappa shape index (κ2) is 10.6. The van der Waals surface area contributed by atoms with Gasteiger partial charge in [0.2, 0.25) is 0 Å². The number of ether oxygens (including phenoxy) is 2. The molecule has 0 fully saturated rings. The van der Waals surface area contributed by atoms with Crippen molar-refractivity contribution in [2.45, 2.75) is 6.42 Å². The Morgan fingerprint density at radius 1 is 0.914 bits per heavy atom. The SMILES string of the molecule is COc1cc(OCCc2ccccn2)ccc1/C=C/c1cc(/C=C/c2ccc3cc[nH]c3c2)n[nH]1. The van der Waals surface area contributed by atoms with Gasteiger partial charge in [-0.3, -0.25) is 10.1 Å². The van der Waals surface area contributed by atoms with Crippen LogP contribution < -0.4 is 9.47 Å². The lowest BCUT2D eigenvalue weighted by Crippen LogP contribution is -2.03. The molecule has 3 aromatic heterocycles. The number of H-pyrrole nitrogens is 2. The molecule has 2 aromatic carbocycles. The number of hydrogen-bond donors (Lipinski definition) is 2. The van der Waals surface area contributed by atoms with Crippen molar-refractivity contribution in [3.63, 3.8) is 0 Å². The number of methoxy groups -OCH3 is 1. The Bertz CT molecular complexity index is 1460. The summed E-state index contributed by atoms with van der Waals surface area (Å²) in [4.78, 5) is 7.56. The van der Waals surface area contributed by atoms with Crippen LogP contribution in [0.5, 0.6) is 11.5 Å². The topological polar surface area (TPSA) is 75.8 Å². The van der Waals surface area contributed by atoms with Gasteiger partial charge < -0.3 is 14.5 Å². The van der Waals surface area contributed by atoms with Crippen LogP contribution in [0.2, 0.25) is 0 Å². The van der Waals surface area contributed by atoms with E-state index >= 15 is 0 Å². The molecule has 0 saturated heterocycles. The first-order chi connectivity index (χ1) is 17.3. The zero-order valence-corrected chi connectivity index (χ0v) is 19.4. The molecule has 0 bridgehead atoms. The van der Waals surface area contributed by atoms with Crippen LogP contribution in [0.1, 0.15) is 28.2 Å². The maximum Gasteiger partial charge on any atom is 0.129 e. The number of pyridine rings is 1. The summed E-state index contributed by atoms with van der Waals surface area (Å²) in [6.07, 6.45) is 12.5. The van der Waals surface area contributed by atoms with Gasteiger partial charge in [0, 0.05) is 41.7 Å². The van der Waals surface area contributed by atoms with E-state index in [2.05, 4.69) is 50.5 Å². The van der Waals surface area contributed by atoms with Crippen molar-refractivity contribution in [3.8, 4) is 11.5 Å². The van der Waals surface area contributed by atoms with Gasteiger partial charge in [0.25, 0.3) is 0 Å². The zero-order chi connectivity index (χ0) is 23.9. The van der Waals surface area contributed by atoms with Gasteiger partial charge in [-0.2, -0.15) is 5.10 Å². The summed E-state index contributed by atoms with van der Waals surface area (Å²) in [5, 5.41) is 8.65. The highest BCUT2D eigenvalue weighted by atomic mass is 16.5. The highest BCUT2D eigenvalue weighted by molar-refractivity contribution is 5.83. The summed E-state index contributed by atoms with van der Waals surface area (Å²) in [7, 11) is 1.66. The molecule has 174 valence electrons. The van der Waals surface area contributed by atoms with Crippen LogP contribution in [0.4, 0.5) is 0 Å². The molecule has 0 atom stereocenters. The molecule has 3 heterocycles. The third-order valence-electron chi connectivity index (χ3n) is 5.64. The molecule has 35 heavy (non-hydrogen) atoms. The lowest BCUT2D eigenvalue weighted by molar-refractivity contribution is 0.317. The number of aromatic amines is 2. The standard InChI is InChI=1S/C29H26N4O2/c1-34-29-20-27(35-17-14-24-4-2-3-15-30-24)12-9-23(29)8-11-26-19-25(32-33-26)10-6-21-5-7-22-13-16-31-28(22)18-21/h2-13,15-16,18-20,31H,14,17H2,1H3,(H,32,33)/b10-6+,11-8+. The van der Waals surface area contributed by atoms with E-state index in [1.807, 2.05) is 66.9 Å². The average Bonchev–Trinajstić information content (AvgIpc) is 3.56. The fourth-order valence-corrected chi connectivity index (χ4v) is 3.79. The molecule has 0 radical (unpaired) electrons. The molecule has 0 saturated carbocycles. The minimum absolute atomic E-state index is 0.554. The summed E-state index contributed by atoms with van der Waals surface area (Å²) in [5.74, 6) is 1.51. The summed E-state index contributed by atoms with van der Waals surface area (Å²) in [6.45, 7) is 0.554. The number of rotatable bonds is 9. The van der Waals surface area contributed by atoms with Crippen molar-refractivity contribution in [1.82, 2.24) is 20.2 Å². The highest BCUT2D eigenvalue weighted by Crippen LogP contribution is 2.26. The van der Waals surface area contributed by atoms with E-state index in [0.29, 0.717) is 6.61 Å². The quantitative estimate of drug-likeness (QED) is 0.271. The van der Waals surface area contributed by atoms with Crippen molar-refractivity contribution in [2.24, 2.45) is 0 Å². The van der Waals surface area contributed by atoms with E-state index < -0.39 is 0 Å². The zero-order valence-electron chi connectivity index (χ0n) is 19.4. The largest absolute Gasteiger partial charge is 0.496 e. The molecule has 0 aliphatic rings. The normalized spacial score (nSPS) is 11.6. The monoisotopic (exact) mass is 462 g/mol. The molecule has 0 aliphatic carbocycles. The lowest BCUT2D eigenvalue weighted by Gasteiger charge is -2.10. The molecule has 5 rings (SSSR count). The molecule has 5 aromatic rings. The first kappa shape index (κ1) is 22.2. The van der Waals surface area contributed by atoms with Gasteiger partial charge in [-0.1, -0.05) is 24.3 Å². The van der Waals surface area contributed by atoms with Gasteiger partial charge in [-0.05, 0) is 71.6 Å². The van der Waals surface area contributed by atoms with Gasteiger partial charge >= 0.3 is 0 Å². The number of hydrogen-bond acceptors (Lipinski definition) is 4.